The number of nitrogens with two attached hydrogens (primary N) is 1. The van der Waals surface area contributed by atoms with Gasteiger partial charge in [-0.2, -0.15) is 0 Å². The van der Waals surface area contributed by atoms with Crippen molar-refractivity contribution in [3.63, 3.8) is 0 Å². The quantitative estimate of drug-likeness (QED) is 0.828. The molecule has 0 spiro atoms. The van der Waals surface area contributed by atoms with Crippen LogP contribution in [0.2, 0.25) is 0 Å². The largest absolute Gasteiger partial charge is 0.497 e. The van der Waals surface area contributed by atoms with E-state index < -0.39 is 0 Å². The highest BCUT2D eigenvalue weighted by molar-refractivity contribution is 5.73. The number of benzene rings is 2. The minimum atomic E-state index is 0.607. The normalized spacial score (nSPS) is 10.2. The van der Waals surface area contributed by atoms with Crippen molar-refractivity contribution >= 4 is 11.4 Å². The molecule has 0 bridgehead atoms. The van der Waals surface area contributed by atoms with Crippen LogP contribution in [0.25, 0.3) is 0 Å². The van der Waals surface area contributed by atoms with Gasteiger partial charge in [-0.05, 0) is 36.8 Å². The number of nitrogen functional groups attached to an aromatic ring is 1. The minimum Gasteiger partial charge on any atom is -0.497 e. The third-order valence-electron chi connectivity index (χ3n) is 3.33. The van der Waals surface area contributed by atoms with Crippen LogP contribution in [0.5, 0.6) is 11.5 Å². The number of ether oxygens (including phenoxy) is 2. The summed E-state index contributed by atoms with van der Waals surface area (Å²) in [6, 6.07) is 13.9. The Balaban J connectivity index is 2.15. The average molecular weight is 286 g/mol. The Bertz CT molecular complexity index is 582. The molecule has 0 aromatic heterocycles. The SMILES string of the molecule is CCOc1cccc(N(C)Cc2ccc(OC)cc2)c1N. The van der Waals surface area contributed by atoms with Crippen LogP contribution in [-0.4, -0.2) is 20.8 Å². The number of anilines is 2. The minimum absolute atomic E-state index is 0.607. The van der Waals surface area contributed by atoms with E-state index in [0.29, 0.717) is 12.3 Å². The fourth-order valence-corrected chi connectivity index (χ4v) is 2.24. The smallest absolute Gasteiger partial charge is 0.144 e. The highest BCUT2D eigenvalue weighted by Gasteiger charge is 2.10. The summed E-state index contributed by atoms with van der Waals surface area (Å²) >= 11 is 0. The monoisotopic (exact) mass is 286 g/mol. The highest BCUT2D eigenvalue weighted by atomic mass is 16.5. The van der Waals surface area contributed by atoms with Gasteiger partial charge in [-0.15, -0.1) is 0 Å². The first-order valence-electron chi connectivity index (χ1n) is 7.01. The second-order valence-electron chi connectivity index (χ2n) is 4.83. The Morgan fingerprint density at radius 1 is 1.10 bits per heavy atom. The third-order valence-corrected chi connectivity index (χ3v) is 3.33. The predicted octanol–water partition coefficient (Wildman–Crippen LogP) is 3.31. The Morgan fingerprint density at radius 2 is 1.81 bits per heavy atom. The summed E-state index contributed by atoms with van der Waals surface area (Å²) in [5, 5.41) is 0. The molecular weight excluding hydrogens is 264 g/mol. The van der Waals surface area contributed by atoms with E-state index in [-0.39, 0.29) is 0 Å². The van der Waals surface area contributed by atoms with Gasteiger partial charge in [0, 0.05) is 13.6 Å². The molecule has 21 heavy (non-hydrogen) atoms. The van der Waals surface area contributed by atoms with Crippen LogP contribution >= 0.6 is 0 Å². The molecule has 0 unspecified atom stereocenters. The average Bonchev–Trinajstić information content (AvgIpc) is 2.50. The van der Waals surface area contributed by atoms with Gasteiger partial charge in [0.1, 0.15) is 11.5 Å². The standard InChI is InChI=1S/C17H22N2O2/c1-4-21-16-7-5-6-15(17(16)18)19(2)12-13-8-10-14(20-3)11-9-13/h5-11H,4,12,18H2,1-3H3. The van der Waals surface area contributed by atoms with Crippen LogP contribution in [0, 0.1) is 0 Å². The van der Waals surface area contributed by atoms with Crippen molar-refractivity contribution in [2.75, 3.05) is 31.4 Å². The fourth-order valence-electron chi connectivity index (χ4n) is 2.24. The summed E-state index contributed by atoms with van der Waals surface area (Å²) < 4.78 is 10.7. The Hall–Kier alpha value is -2.36. The molecule has 0 fully saturated rings. The van der Waals surface area contributed by atoms with Crippen LogP contribution in [-0.2, 0) is 6.54 Å². The molecule has 2 rings (SSSR count). The zero-order valence-electron chi connectivity index (χ0n) is 12.8. The summed E-state index contributed by atoms with van der Waals surface area (Å²) in [6.07, 6.45) is 0. The molecule has 0 atom stereocenters. The lowest BCUT2D eigenvalue weighted by Gasteiger charge is -2.22. The number of methoxy groups -OCH3 is 1. The van der Waals surface area contributed by atoms with Crippen molar-refractivity contribution in [3.8, 4) is 11.5 Å². The van der Waals surface area contributed by atoms with Crippen LogP contribution in [0.15, 0.2) is 42.5 Å². The van der Waals surface area contributed by atoms with Crippen molar-refractivity contribution in [3.05, 3.63) is 48.0 Å². The first-order chi connectivity index (χ1) is 10.2. The van der Waals surface area contributed by atoms with Crippen molar-refractivity contribution in [1.82, 2.24) is 0 Å². The molecule has 112 valence electrons. The van der Waals surface area contributed by atoms with Crippen molar-refractivity contribution in [2.24, 2.45) is 0 Å². The van der Waals surface area contributed by atoms with Gasteiger partial charge < -0.3 is 20.1 Å². The van der Waals surface area contributed by atoms with E-state index in [1.165, 1.54) is 5.56 Å². The molecule has 0 saturated heterocycles. The Labute approximate surface area is 126 Å². The molecule has 0 radical (unpaired) electrons. The molecule has 0 aliphatic carbocycles. The molecule has 2 aromatic carbocycles. The molecular formula is C17H22N2O2. The molecule has 4 nitrogen and oxygen atoms in total. The van der Waals surface area contributed by atoms with Crippen LogP contribution < -0.4 is 20.1 Å². The Kier molecular flexibility index (Phi) is 4.93. The summed E-state index contributed by atoms with van der Waals surface area (Å²) in [4.78, 5) is 2.11. The molecule has 4 heteroatoms. The lowest BCUT2D eigenvalue weighted by atomic mass is 10.2. The van der Waals surface area contributed by atoms with Crippen molar-refractivity contribution in [1.29, 1.82) is 0 Å². The van der Waals surface area contributed by atoms with Gasteiger partial charge in [-0.3, -0.25) is 0 Å². The van der Waals surface area contributed by atoms with Gasteiger partial charge >= 0.3 is 0 Å². The van der Waals surface area contributed by atoms with Gasteiger partial charge in [0.05, 0.1) is 25.1 Å². The zero-order valence-corrected chi connectivity index (χ0v) is 12.8. The maximum Gasteiger partial charge on any atom is 0.144 e. The fraction of sp³-hybridized carbons (Fsp3) is 0.294. The van der Waals surface area contributed by atoms with Gasteiger partial charge in [-0.25, -0.2) is 0 Å². The van der Waals surface area contributed by atoms with E-state index in [2.05, 4.69) is 17.0 Å². The highest BCUT2D eigenvalue weighted by Crippen LogP contribution is 2.32. The van der Waals surface area contributed by atoms with E-state index in [1.54, 1.807) is 7.11 Å². The van der Waals surface area contributed by atoms with Crippen molar-refractivity contribution < 1.29 is 9.47 Å². The van der Waals surface area contributed by atoms with Gasteiger partial charge in [0.15, 0.2) is 0 Å². The third kappa shape index (κ3) is 3.60. The van der Waals surface area contributed by atoms with Gasteiger partial charge in [0.25, 0.3) is 0 Å². The van der Waals surface area contributed by atoms with Gasteiger partial charge in [0.2, 0.25) is 0 Å². The maximum atomic E-state index is 6.18. The van der Waals surface area contributed by atoms with E-state index in [4.69, 9.17) is 15.2 Å². The topological polar surface area (TPSA) is 47.7 Å². The predicted molar refractivity (Wildman–Crippen MR) is 87.1 cm³/mol. The van der Waals surface area contributed by atoms with E-state index >= 15 is 0 Å². The first-order valence-corrected chi connectivity index (χ1v) is 7.01. The van der Waals surface area contributed by atoms with Crippen LogP contribution in [0.1, 0.15) is 12.5 Å². The van der Waals surface area contributed by atoms with Gasteiger partial charge in [-0.1, -0.05) is 18.2 Å². The number of nitrogens with zero attached hydrogens (tertiary/aromatic N) is 1. The van der Waals surface area contributed by atoms with E-state index in [9.17, 15) is 0 Å². The number of rotatable bonds is 6. The summed E-state index contributed by atoms with van der Waals surface area (Å²) in [5.74, 6) is 1.59. The number of hydrogen-bond acceptors (Lipinski definition) is 4. The molecule has 0 aliphatic heterocycles. The van der Waals surface area contributed by atoms with Crippen LogP contribution in [0.3, 0.4) is 0 Å². The zero-order chi connectivity index (χ0) is 15.2. The maximum absolute atomic E-state index is 6.18. The molecule has 2 aromatic rings. The summed E-state index contributed by atoms with van der Waals surface area (Å²) in [7, 11) is 3.69. The number of para-hydroxylation sites is 1. The molecule has 0 aliphatic rings. The summed E-state index contributed by atoms with van der Waals surface area (Å²) in [5.41, 5.74) is 9.02. The second kappa shape index (κ2) is 6.88. The van der Waals surface area contributed by atoms with Crippen LogP contribution in [0.4, 0.5) is 11.4 Å². The number of hydrogen-bond donors (Lipinski definition) is 1. The molecule has 2 N–H and O–H groups in total. The second-order valence-corrected chi connectivity index (χ2v) is 4.83. The van der Waals surface area contributed by atoms with E-state index in [0.717, 1.165) is 23.7 Å². The Morgan fingerprint density at radius 3 is 2.43 bits per heavy atom. The lowest BCUT2D eigenvalue weighted by Crippen LogP contribution is -2.18. The van der Waals surface area contributed by atoms with Crippen molar-refractivity contribution in [2.45, 2.75) is 13.5 Å². The summed E-state index contributed by atoms with van der Waals surface area (Å²) in [6.45, 7) is 3.33. The molecule has 0 heterocycles. The van der Waals surface area contributed by atoms with E-state index in [1.807, 2.05) is 44.3 Å². The molecule has 0 amide bonds. The molecule has 0 saturated carbocycles. The first kappa shape index (κ1) is 15.0. The lowest BCUT2D eigenvalue weighted by molar-refractivity contribution is 0.342.